The predicted molar refractivity (Wildman–Crippen MR) is 200 cm³/mol. The molecule has 0 aliphatic rings. The van der Waals surface area contributed by atoms with E-state index in [1.165, 1.54) is 0 Å². The van der Waals surface area contributed by atoms with Gasteiger partial charge in [-0.05, 0) is 44.3 Å². The summed E-state index contributed by atoms with van der Waals surface area (Å²) in [5.41, 5.74) is -7.07. The minimum Gasteiger partial charge on any atom is -0.455 e. The summed E-state index contributed by atoms with van der Waals surface area (Å²) in [4.78, 5) is 0. The third-order valence-electron chi connectivity index (χ3n) is 7.75. The first kappa shape index (κ1) is 11.1. The summed E-state index contributed by atoms with van der Waals surface area (Å²) in [6.07, 6.45) is 0. The molecule has 10 rings (SSSR count). The normalized spacial score (nSPS) is 19.9. The van der Waals surface area contributed by atoms with Gasteiger partial charge in [-0.3, -0.25) is 0 Å². The standard InChI is InChI=1S/C46H28O2/c1-4-15-29(16-5-1)42-32-21-10-12-23-34(32)44(35-24-13-11-22-33(35)42)37-26-14-25-36-38-27-39-41(28-40(38)48-46(36)37)47-45(31-19-8-3-9-20-31)43(39)30-17-6-2-7-18-30/h1-28H/i1D,2D,3D,4D,5D,6D,7D,8D,9D,10D,11D,12D,13D,14D,15D,16D,17D,18D,19D,20D,21D,22D,23D,24D,25D,26D,27D,28D. The maximum atomic E-state index is 9.88. The van der Waals surface area contributed by atoms with E-state index in [0.29, 0.717) is 0 Å². The fourth-order valence-electron chi connectivity index (χ4n) is 5.84. The summed E-state index contributed by atoms with van der Waals surface area (Å²) in [5, 5.41) is -4.57. The van der Waals surface area contributed by atoms with Crippen LogP contribution in [0.3, 0.4) is 0 Å². The fraction of sp³-hybridized carbons (Fsp3) is 0. The van der Waals surface area contributed by atoms with Crippen molar-refractivity contribution in [3.8, 4) is 44.7 Å². The predicted octanol–water partition coefficient (Wildman–Crippen LogP) is 13.3. The van der Waals surface area contributed by atoms with E-state index < -0.39 is 268 Å². The number of rotatable bonds is 4. The van der Waals surface area contributed by atoms with Crippen molar-refractivity contribution in [1.29, 1.82) is 0 Å². The summed E-state index contributed by atoms with van der Waals surface area (Å²) in [6.45, 7) is 0. The number of para-hydroxylation sites is 1. The van der Waals surface area contributed by atoms with Gasteiger partial charge in [-0.1, -0.05) is 157 Å². The van der Waals surface area contributed by atoms with Crippen molar-refractivity contribution in [2.75, 3.05) is 0 Å². The highest BCUT2D eigenvalue weighted by atomic mass is 16.3. The lowest BCUT2D eigenvalue weighted by Crippen LogP contribution is -1.90. The van der Waals surface area contributed by atoms with Gasteiger partial charge in [0.2, 0.25) is 0 Å². The Morgan fingerprint density at radius 1 is 0.333 bits per heavy atom. The highest BCUT2D eigenvalue weighted by molar-refractivity contribution is 6.24. The highest BCUT2D eigenvalue weighted by Gasteiger charge is 2.23. The fourth-order valence-corrected chi connectivity index (χ4v) is 5.84. The van der Waals surface area contributed by atoms with Gasteiger partial charge in [0.25, 0.3) is 0 Å². The molecule has 48 heavy (non-hydrogen) atoms. The molecule has 8 aromatic carbocycles. The second-order valence-electron chi connectivity index (χ2n) is 10.3. The van der Waals surface area contributed by atoms with Crippen LogP contribution in [0, 0.1) is 0 Å². The van der Waals surface area contributed by atoms with E-state index in [1.54, 1.807) is 0 Å². The van der Waals surface area contributed by atoms with Gasteiger partial charge in [0, 0.05) is 44.5 Å². The number of benzene rings is 8. The Balaban J connectivity index is 1.50. The van der Waals surface area contributed by atoms with Crippen LogP contribution in [0.15, 0.2) is 178 Å². The van der Waals surface area contributed by atoms with Gasteiger partial charge in [-0.2, -0.15) is 0 Å². The lowest BCUT2D eigenvalue weighted by atomic mass is 9.85. The Kier molecular flexibility index (Phi) is 2.45. The van der Waals surface area contributed by atoms with Crippen LogP contribution >= 0.6 is 0 Å². The molecule has 0 saturated heterocycles. The smallest absolute Gasteiger partial charge is 0.143 e. The van der Waals surface area contributed by atoms with Crippen LogP contribution in [0.1, 0.15) is 38.4 Å². The van der Waals surface area contributed by atoms with E-state index in [9.17, 15) is 12.3 Å². The van der Waals surface area contributed by atoms with Crippen LogP contribution < -0.4 is 0 Å². The Bertz CT molecular complexity index is 4270. The monoisotopic (exact) mass is 640 g/mol. The topological polar surface area (TPSA) is 26.3 Å². The van der Waals surface area contributed by atoms with Crippen LogP contribution in [0.4, 0.5) is 0 Å². The first-order valence-corrected chi connectivity index (χ1v) is 14.1. The number of hydrogen-bond donors (Lipinski definition) is 0. The summed E-state index contributed by atoms with van der Waals surface area (Å²) in [6, 6.07) is -26.0. The number of hydrogen-bond acceptors (Lipinski definition) is 2. The first-order chi connectivity index (χ1) is 35.5. The minimum absolute atomic E-state index is 0.581. The molecule has 10 aromatic rings. The molecule has 0 spiro atoms. The van der Waals surface area contributed by atoms with E-state index in [0.717, 1.165) is 0 Å². The van der Waals surface area contributed by atoms with Gasteiger partial charge in [0.15, 0.2) is 0 Å². The lowest BCUT2D eigenvalue weighted by Gasteiger charge is -2.17. The average molecular weight is 641 g/mol. The van der Waals surface area contributed by atoms with Crippen molar-refractivity contribution in [1.82, 2.24) is 0 Å². The van der Waals surface area contributed by atoms with Crippen molar-refractivity contribution >= 4 is 54.5 Å². The third kappa shape index (κ3) is 4.00. The van der Waals surface area contributed by atoms with E-state index in [2.05, 4.69) is 0 Å². The SMILES string of the molecule is [2H]c1c([2H])c([2H])c(-c2oc3c([2H])c4oc5c(-c6c7c([2H])c([2H])c([2H])c([2H])c7c(-c7c([2H])c([2H])c([2H])c([2H])c7[2H])c7c([2H])c([2H])c([2H])c([2H])c67)c([2H])c([2H])c([2H])c5c4c([2H])c3c2-c2c([2H])c([2H])c([2H])c([2H])c2[2H])c([2H])c1[2H]. The second-order valence-corrected chi connectivity index (χ2v) is 10.3. The first-order valence-electron chi connectivity index (χ1n) is 28.1. The molecule has 0 atom stereocenters. The van der Waals surface area contributed by atoms with E-state index >= 15 is 0 Å². The van der Waals surface area contributed by atoms with Gasteiger partial charge in [0.1, 0.15) is 22.5 Å². The van der Waals surface area contributed by atoms with Crippen molar-refractivity contribution in [3.05, 3.63) is 169 Å². The maximum Gasteiger partial charge on any atom is 0.143 e. The highest BCUT2D eigenvalue weighted by Crippen LogP contribution is 2.48. The van der Waals surface area contributed by atoms with E-state index in [4.69, 9.17) is 34.9 Å². The van der Waals surface area contributed by atoms with E-state index in [1.807, 2.05) is 0 Å². The summed E-state index contributed by atoms with van der Waals surface area (Å²) >= 11 is 0. The molecular weight excluding hydrogens is 585 g/mol. The van der Waals surface area contributed by atoms with Gasteiger partial charge in [-0.15, -0.1) is 0 Å². The molecule has 2 heteroatoms. The molecule has 0 amide bonds. The molecule has 2 aromatic heterocycles. The number of furan rings is 2. The molecule has 224 valence electrons. The molecular formula is C46H28O2. The molecule has 2 nitrogen and oxygen atoms in total. The van der Waals surface area contributed by atoms with Crippen LogP contribution in [0.2, 0.25) is 0 Å². The molecule has 0 radical (unpaired) electrons. The second kappa shape index (κ2) is 10.6. The Morgan fingerprint density at radius 3 is 1.42 bits per heavy atom. The molecule has 0 unspecified atom stereocenters. The average Bonchev–Trinajstić information content (AvgIpc) is 4.12. The van der Waals surface area contributed by atoms with Crippen molar-refractivity contribution < 1.29 is 47.2 Å². The Morgan fingerprint density at radius 2 is 0.812 bits per heavy atom. The minimum atomic E-state index is -1.01. The van der Waals surface area contributed by atoms with Crippen molar-refractivity contribution in [3.63, 3.8) is 0 Å². The zero-order chi connectivity index (χ0) is 56.0. The van der Waals surface area contributed by atoms with Gasteiger partial charge < -0.3 is 8.83 Å². The van der Waals surface area contributed by atoms with Gasteiger partial charge >= 0.3 is 0 Å². The molecule has 0 aliphatic heterocycles. The van der Waals surface area contributed by atoms with Crippen LogP contribution in [-0.2, 0) is 0 Å². The summed E-state index contributed by atoms with van der Waals surface area (Å²) < 4.78 is 262. The van der Waals surface area contributed by atoms with Crippen LogP contribution in [-0.4, -0.2) is 0 Å². The molecule has 0 saturated carbocycles. The molecule has 0 fully saturated rings. The zero-order valence-electron chi connectivity index (χ0n) is 51.8. The van der Waals surface area contributed by atoms with Crippen LogP contribution in [0.25, 0.3) is 99.2 Å². The molecule has 0 aliphatic carbocycles. The van der Waals surface area contributed by atoms with Crippen molar-refractivity contribution in [2.45, 2.75) is 0 Å². The van der Waals surface area contributed by atoms with E-state index in [-0.39, 0.29) is 0 Å². The number of fused-ring (bicyclic) bond motifs is 6. The zero-order valence-corrected chi connectivity index (χ0v) is 23.8. The molecule has 2 heterocycles. The van der Waals surface area contributed by atoms with Gasteiger partial charge in [-0.25, -0.2) is 0 Å². The Labute approximate surface area is 316 Å². The summed E-state index contributed by atoms with van der Waals surface area (Å²) in [7, 11) is 0. The van der Waals surface area contributed by atoms with Crippen LogP contribution in [0.5, 0.6) is 0 Å². The quantitative estimate of drug-likeness (QED) is 0.179. The third-order valence-corrected chi connectivity index (χ3v) is 7.75. The molecule has 0 bridgehead atoms. The molecule has 0 N–H and O–H groups in total. The Hall–Kier alpha value is -6.38. The maximum absolute atomic E-state index is 9.88. The van der Waals surface area contributed by atoms with Crippen molar-refractivity contribution in [2.24, 2.45) is 0 Å². The lowest BCUT2D eigenvalue weighted by molar-refractivity contribution is 0.629. The summed E-state index contributed by atoms with van der Waals surface area (Å²) in [5.74, 6) is -0.758. The van der Waals surface area contributed by atoms with Gasteiger partial charge in [0.05, 0.1) is 38.4 Å². The largest absolute Gasteiger partial charge is 0.455 e.